The first-order valence-electron chi connectivity index (χ1n) is 7.27. The molecule has 4 aromatic rings. The van der Waals surface area contributed by atoms with Crippen molar-refractivity contribution >= 4 is 5.82 Å². The first-order chi connectivity index (χ1) is 11.7. The minimum absolute atomic E-state index is 0.278. The van der Waals surface area contributed by atoms with E-state index in [0.717, 1.165) is 22.4 Å². The van der Waals surface area contributed by atoms with Gasteiger partial charge in [0.25, 0.3) is 0 Å². The van der Waals surface area contributed by atoms with Crippen LogP contribution in [0.4, 0.5) is 10.2 Å². The molecule has 0 aliphatic heterocycles. The highest BCUT2D eigenvalue weighted by molar-refractivity contribution is 5.76. The molecule has 0 aliphatic carbocycles. The van der Waals surface area contributed by atoms with Crippen molar-refractivity contribution in [1.82, 2.24) is 25.1 Å². The monoisotopic (exact) mass is 320 g/mol. The molecule has 4 rings (SSSR count). The predicted octanol–water partition coefficient (Wildman–Crippen LogP) is 3.25. The van der Waals surface area contributed by atoms with Gasteiger partial charge in [0.15, 0.2) is 0 Å². The van der Waals surface area contributed by atoms with Crippen molar-refractivity contribution in [3.05, 3.63) is 60.9 Å². The Hall–Kier alpha value is -3.48. The van der Waals surface area contributed by atoms with E-state index in [-0.39, 0.29) is 5.82 Å². The number of anilines is 1. The number of aromatic nitrogens is 5. The van der Waals surface area contributed by atoms with Crippen molar-refractivity contribution in [2.75, 3.05) is 5.73 Å². The molecule has 0 saturated heterocycles. The summed E-state index contributed by atoms with van der Waals surface area (Å²) in [7, 11) is 0. The van der Waals surface area contributed by atoms with E-state index in [1.807, 2.05) is 6.07 Å². The van der Waals surface area contributed by atoms with Gasteiger partial charge < -0.3 is 10.7 Å². The Morgan fingerprint density at radius 2 is 1.75 bits per heavy atom. The molecule has 3 aromatic heterocycles. The number of nitrogens with two attached hydrogens (primary N) is 1. The van der Waals surface area contributed by atoms with E-state index < -0.39 is 0 Å². The highest BCUT2D eigenvalue weighted by atomic mass is 19.1. The number of halogens is 1. The maximum absolute atomic E-state index is 13.0. The number of nitrogens with one attached hydrogen (secondary N) is 2. The van der Waals surface area contributed by atoms with Crippen LogP contribution in [0.3, 0.4) is 0 Å². The molecule has 0 saturated carbocycles. The average Bonchev–Trinajstić information content (AvgIpc) is 3.28. The zero-order chi connectivity index (χ0) is 16.5. The normalized spacial score (nSPS) is 10.9. The molecule has 0 spiro atoms. The lowest BCUT2D eigenvalue weighted by atomic mass is 10.1. The average molecular weight is 320 g/mol. The second kappa shape index (κ2) is 5.62. The van der Waals surface area contributed by atoms with Crippen LogP contribution in [0.5, 0.6) is 0 Å². The van der Waals surface area contributed by atoms with Gasteiger partial charge in [-0.3, -0.25) is 5.10 Å². The third-order valence-electron chi connectivity index (χ3n) is 3.74. The van der Waals surface area contributed by atoms with Crippen LogP contribution in [0, 0.1) is 5.82 Å². The molecule has 0 atom stereocenters. The van der Waals surface area contributed by atoms with Gasteiger partial charge in [-0.1, -0.05) is 0 Å². The summed E-state index contributed by atoms with van der Waals surface area (Å²) >= 11 is 0. The summed E-state index contributed by atoms with van der Waals surface area (Å²) in [6.07, 6.45) is 6.87. The Balaban J connectivity index is 1.74. The van der Waals surface area contributed by atoms with Crippen LogP contribution in [-0.2, 0) is 0 Å². The fourth-order valence-electron chi connectivity index (χ4n) is 2.47. The van der Waals surface area contributed by atoms with Gasteiger partial charge in [0, 0.05) is 23.5 Å². The Morgan fingerprint density at radius 1 is 0.917 bits per heavy atom. The molecular formula is C17H13FN6. The number of rotatable bonds is 3. The van der Waals surface area contributed by atoms with Crippen molar-refractivity contribution in [3.63, 3.8) is 0 Å². The van der Waals surface area contributed by atoms with Gasteiger partial charge in [-0.2, -0.15) is 5.10 Å². The van der Waals surface area contributed by atoms with Crippen molar-refractivity contribution in [2.24, 2.45) is 0 Å². The van der Waals surface area contributed by atoms with E-state index in [1.165, 1.54) is 12.1 Å². The quantitative estimate of drug-likeness (QED) is 0.540. The zero-order valence-corrected chi connectivity index (χ0v) is 12.5. The summed E-state index contributed by atoms with van der Waals surface area (Å²) in [6, 6.07) is 8.10. The zero-order valence-electron chi connectivity index (χ0n) is 12.5. The van der Waals surface area contributed by atoms with Crippen LogP contribution in [0.15, 0.2) is 55.1 Å². The van der Waals surface area contributed by atoms with Crippen molar-refractivity contribution in [3.8, 4) is 33.8 Å². The molecule has 1 aromatic carbocycles. The minimum Gasteiger partial charge on any atom is -0.383 e. The fraction of sp³-hybridized carbons (Fsp3) is 0. The lowest BCUT2D eigenvalue weighted by Gasteiger charge is -2.04. The van der Waals surface area contributed by atoms with Gasteiger partial charge in [-0.25, -0.2) is 14.4 Å². The molecule has 118 valence electrons. The van der Waals surface area contributed by atoms with E-state index in [9.17, 15) is 4.39 Å². The lowest BCUT2D eigenvalue weighted by Crippen LogP contribution is -1.96. The maximum atomic E-state index is 13.0. The number of hydrogen-bond donors (Lipinski definition) is 3. The van der Waals surface area contributed by atoms with Crippen molar-refractivity contribution in [2.45, 2.75) is 0 Å². The fourth-order valence-corrected chi connectivity index (χ4v) is 2.47. The molecule has 0 amide bonds. The second-order valence-corrected chi connectivity index (χ2v) is 5.30. The van der Waals surface area contributed by atoms with Crippen LogP contribution in [0.1, 0.15) is 0 Å². The molecule has 0 radical (unpaired) electrons. The Kier molecular flexibility index (Phi) is 3.31. The molecule has 0 fully saturated rings. The third kappa shape index (κ3) is 2.52. The molecule has 6 nitrogen and oxygen atoms in total. The first kappa shape index (κ1) is 14.1. The molecule has 0 unspecified atom stereocenters. The van der Waals surface area contributed by atoms with Gasteiger partial charge in [0.1, 0.15) is 17.5 Å². The van der Waals surface area contributed by atoms with E-state index in [0.29, 0.717) is 17.2 Å². The van der Waals surface area contributed by atoms with Gasteiger partial charge in [0.05, 0.1) is 23.7 Å². The van der Waals surface area contributed by atoms with E-state index in [4.69, 9.17) is 5.73 Å². The van der Waals surface area contributed by atoms with Crippen LogP contribution in [0.25, 0.3) is 33.8 Å². The lowest BCUT2D eigenvalue weighted by molar-refractivity contribution is 0.628. The van der Waals surface area contributed by atoms with Gasteiger partial charge in [0.2, 0.25) is 0 Å². The Morgan fingerprint density at radius 3 is 2.50 bits per heavy atom. The topological polar surface area (TPSA) is 96.3 Å². The maximum Gasteiger partial charge on any atom is 0.141 e. The molecule has 3 heterocycles. The van der Waals surface area contributed by atoms with Gasteiger partial charge >= 0.3 is 0 Å². The molecule has 4 N–H and O–H groups in total. The van der Waals surface area contributed by atoms with Crippen LogP contribution in [-0.4, -0.2) is 25.1 Å². The number of benzene rings is 1. The van der Waals surface area contributed by atoms with Crippen molar-refractivity contribution < 1.29 is 4.39 Å². The number of nitrogens with zero attached hydrogens (tertiary/aromatic N) is 3. The third-order valence-corrected chi connectivity index (χ3v) is 3.74. The second-order valence-electron chi connectivity index (χ2n) is 5.30. The highest BCUT2D eigenvalue weighted by Crippen LogP contribution is 2.29. The summed E-state index contributed by atoms with van der Waals surface area (Å²) in [5, 5.41) is 6.71. The standard InChI is InChI=1S/C17H13FN6/c18-13-3-1-10(2-4-13)15-9-21-17(24-15)14-5-11(6-20-16(14)19)12-7-22-23-8-12/h1-9H,(H2,19,20)(H,21,24)(H,22,23). The summed E-state index contributed by atoms with van der Waals surface area (Å²) in [4.78, 5) is 11.8. The molecule has 7 heteroatoms. The van der Waals surface area contributed by atoms with Crippen LogP contribution in [0.2, 0.25) is 0 Å². The minimum atomic E-state index is -0.278. The summed E-state index contributed by atoms with van der Waals surface area (Å²) in [6.45, 7) is 0. The van der Waals surface area contributed by atoms with Crippen LogP contribution < -0.4 is 5.73 Å². The largest absolute Gasteiger partial charge is 0.383 e. The van der Waals surface area contributed by atoms with E-state index in [1.54, 1.807) is 36.9 Å². The van der Waals surface area contributed by atoms with Gasteiger partial charge in [-0.05, 0) is 35.9 Å². The number of aromatic amines is 2. The highest BCUT2D eigenvalue weighted by Gasteiger charge is 2.12. The van der Waals surface area contributed by atoms with Crippen LogP contribution >= 0.6 is 0 Å². The van der Waals surface area contributed by atoms with Gasteiger partial charge in [-0.15, -0.1) is 0 Å². The number of nitrogen functional groups attached to an aromatic ring is 1. The number of pyridine rings is 1. The van der Waals surface area contributed by atoms with E-state index in [2.05, 4.69) is 25.1 Å². The number of hydrogen-bond acceptors (Lipinski definition) is 4. The summed E-state index contributed by atoms with van der Waals surface area (Å²) in [5.74, 6) is 0.701. The smallest absolute Gasteiger partial charge is 0.141 e. The van der Waals surface area contributed by atoms with Crippen molar-refractivity contribution in [1.29, 1.82) is 0 Å². The summed E-state index contributed by atoms with van der Waals surface area (Å²) in [5.41, 5.74) is 10.1. The SMILES string of the molecule is Nc1ncc(-c2cn[nH]c2)cc1-c1ncc(-c2ccc(F)cc2)[nH]1. The molecular weight excluding hydrogens is 307 g/mol. The first-order valence-corrected chi connectivity index (χ1v) is 7.27. The number of H-pyrrole nitrogens is 2. The summed E-state index contributed by atoms with van der Waals surface area (Å²) < 4.78 is 13.0. The molecule has 0 aliphatic rings. The molecule has 24 heavy (non-hydrogen) atoms. The Bertz CT molecular complexity index is 973. The van der Waals surface area contributed by atoms with E-state index >= 15 is 0 Å². The molecule has 0 bridgehead atoms. The predicted molar refractivity (Wildman–Crippen MR) is 89.2 cm³/mol. The Labute approximate surface area is 136 Å². The number of imidazole rings is 1.